The molecule has 2 aromatic rings. The van der Waals surface area contributed by atoms with Gasteiger partial charge in [-0.25, -0.2) is 0 Å². The molecule has 3 aliphatic heterocycles. The van der Waals surface area contributed by atoms with Gasteiger partial charge in [0.05, 0.1) is 12.2 Å². The number of aryl methyl sites for hydroxylation is 1. The summed E-state index contributed by atoms with van der Waals surface area (Å²) in [6.07, 6.45) is 4.57. The van der Waals surface area contributed by atoms with Crippen molar-refractivity contribution in [2.24, 2.45) is 5.92 Å². The monoisotopic (exact) mass is 311 g/mol. The van der Waals surface area contributed by atoms with Crippen molar-refractivity contribution in [3.63, 3.8) is 0 Å². The van der Waals surface area contributed by atoms with E-state index in [1.807, 2.05) is 19.2 Å². The van der Waals surface area contributed by atoms with Crippen molar-refractivity contribution in [3.8, 4) is 0 Å². The van der Waals surface area contributed by atoms with E-state index in [0.29, 0.717) is 6.04 Å². The molecule has 0 unspecified atom stereocenters. The molecule has 4 nitrogen and oxygen atoms in total. The summed E-state index contributed by atoms with van der Waals surface area (Å²) in [4.78, 5) is 9.73. The van der Waals surface area contributed by atoms with Gasteiger partial charge >= 0.3 is 0 Å². The van der Waals surface area contributed by atoms with Crippen molar-refractivity contribution in [1.29, 1.82) is 0 Å². The number of furan rings is 1. The van der Waals surface area contributed by atoms with Gasteiger partial charge < -0.3 is 4.42 Å². The first-order chi connectivity index (χ1) is 11.3. The summed E-state index contributed by atoms with van der Waals surface area (Å²) in [5, 5.41) is 0. The highest BCUT2D eigenvalue weighted by molar-refractivity contribution is 5.07. The van der Waals surface area contributed by atoms with Crippen LogP contribution in [0.5, 0.6) is 0 Å². The Morgan fingerprint density at radius 3 is 2.83 bits per heavy atom. The van der Waals surface area contributed by atoms with Crippen molar-refractivity contribution in [3.05, 3.63) is 53.7 Å². The third kappa shape index (κ3) is 3.48. The summed E-state index contributed by atoms with van der Waals surface area (Å²) in [6, 6.07) is 11.0. The molecule has 0 radical (unpaired) electrons. The van der Waals surface area contributed by atoms with Crippen LogP contribution in [0.1, 0.15) is 30.1 Å². The van der Waals surface area contributed by atoms with E-state index in [2.05, 4.69) is 39.0 Å². The second-order valence-corrected chi connectivity index (χ2v) is 7.05. The standard InChI is InChI=1S/C19H25N3O/c1-15-5-8-19(23-15)14-21-10-16-6-7-18(13-21)22(11-16)12-17-4-2-3-9-20-17/h2-5,8-9,16,18H,6-7,10-14H2,1H3/t16-,18+/m1/s1. The minimum Gasteiger partial charge on any atom is -0.465 e. The van der Waals surface area contributed by atoms with Crippen molar-refractivity contribution in [2.45, 2.75) is 38.9 Å². The Bertz CT molecular complexity index is 639. The molecule has 4 heteroatoms. The largest absolute Gasteiger partial charge is 0.465 e. The highest BCUT2D eigenvalue weighted by Crippen LogP contribution is 2.29. The summed E-state index contributed by atoms with van der Waals surface area (Å²) < 4.78 is 5.78. The molecule has 3 aliphatic rings. The maximum absolute atomic E-state index is 5.78. The first kappa shape index (κ1) is 14.9. The average Bonchev–Trinajstić information content (AvgIpc) is 2.77. The number of piperidine rings is 1. The number of fused-ring (bicyclic) bond motifs is 4. The lowest BCUT2D eigenvalue weighted by molar-refractivity contribution is 0.121. The van der Waals surface area contributed by atoms with Crippen LogP contribution < -0.4 is 0 Å². The molecule has 0 spiro atoms. The molecule has 3 saturated heterocycles. The van der Waals surface area contributed by atoms with Gasteiger partial charge in [0.15, 0.2) is 0 Å². The van der Waals surface area contributed by atoms with Crippen LogP contribution in [-0.2, 0) is 13.1 Å². The van der Waals surface area contributed by atoms with E-state index in [0.717, 1.165) is 37.1 Å². The van der Waals surface area contributed by atoms with Gasteiger partial charge in [-0.05, 0) is 49.9 Å². The smallest absolute Gasteiger partial charge is 0.118 e. The van der Waals surface area contributed by atoms with Crippen LogP contribution in [0.3, 0.4) is 0 Å². The van der Waals surface area contributed by atoms with Gasteiger partial charge in [-0.15, -0.1) is 0 Å². The third-order valence-corrected chi connectivity index (χ3v) is 5.17. The molecule has 0 saturated carbocycles. The minimum absolute atomic E-state index is 0.645. The van der Waals surface area contributed by atoms with Gasteiger partial charge in [-0.1, -0.05) is 6.07 Å². The van der Waals surface area contributed by atoms with E-state index >= 15 is 0 Å². The Hall–Kier alpha value is -1.65. The van der Waals surface area contributed by atoms with E-state index in [1.165, 1.54) is 31.6 Å². The quantitative estimate of drug-likeness (QED) is 0.868. The number of hydrogen-bond acceptors (Lipinski definition) is 4. The van der Waals surface area contributed by atoms with E-state index in [-0.39, 0.29) is 0 Å². The van der Waals surface area contributed by atoms with E-state index in [9.17, 15) is 0 Å². The molecule has 122 valence electrons. The van der Waals surface area contributed by atoms with Crippen molar-refractivity contribution < 1.29 is 4.42 Å². The van der Waals surface area contributed by atoms with Gasteiger partial charge in [0, 0.05) is 38.4 Å². The molecule has 5 rings (SSSR count). The third-order valence-electron chi connectivity index (χ3n) is 5.17. The molecular weight excluding hydrogens is 286 g/mol. The zero-order valence-electron chi connectivity index (χ0n) is 13.8. The highest BCUT2D eigenvalue weighted by Gasteiger charge is 2.34. The Morgan fingerprint density at radius 2 is 2.04 bits per heavy atom. The maximum Gasteiger partial charge on any atom is 0.118 e. The molecule has 2 bridgehead atoms. The molecule has 2 aromatic heterocycles. The fourth-order valence-electron chi connectivity index (χ4n) is 4.09. The molecule has 0 N–H and O–H groups in total. The highest BCUT2D eigenvalue weighted by atomic mass is 16.3. The summed E-state index contributed by atoms with van der Waals surface area (Å²) >= 11 is 0. The summed E-state index contributed by atoms with van der Waals surface area (Å²) in [5.41, 5.74) is 1.19. The molecule has 0 amide bonds. The van der Waals surface area contributed by atoms with Crippen LogP contribution >= 0.6 is 0 Å². The Labute approximate surface area is 138 Å². The zero-order valence-corrected chi connectivity index (χ0v) is 13.8. The van der Waals surface area contributed by atoms with Crippen LogP contribution in [0, 0.1) is 12.8 Å². The fourth-order valence-corrected chi connectivity index (χ4v) is 4.09. The second kappa shape index (κ2) is 6.46. The number of pyridine rings is 1. The SMILES string of the molecule is Cc1ccc(CN2C[C@H]3CC[C@@H](C2)N(Cc2ccccn2)C3)o1. The van der Waals surface area contributed by atoms with Crippen LogP contribution in [0.25, 0.3) is 0 Å². The van der Waals surface area contributed by atoms with Gasteiger partial charge in [0.2, 0.25) is 0 Å². The van der Waals surface area contributed by atoms with Gasteiger partial charge in [-0.2, -0.15) is 0 Å². The Kier molecular flexibility index (Phi) is 4.19. The number of hydrogen-bond donors (Lipinski definition) is 0. The average molecular weight is 311 g/mol. The molecule has 3 fully saturated rings. The normalized spacial score (nSPS) is 25.6. The van der Waals surface area contributed by atoms with E-state index < -0.39 is 0 Å². The number of nitrogens with zero attached hydrogens (tertiary/aromatic N) is 3. The van der Waals surface area contributed by atoms with Gasteiger partial charge in [0.25, 0.3) is 0 Å². The van der Waals surface area contributed by atoms with Crippen LogP contribution in [-0.4, -0.2) is 40.5 Å². The topological polar surface area (TPSA) is 32.5 Å². The van der Waals surface area contributed by atoms with Crippen LogP contribution in [0.2, 0.25) is 0 Å². The maximum atomic E-state index is 5.78. The van der Waals surface area contributed by atoms with Gasteiger partial charge in [-0.3, -0.25) is 14.8 Å². The minimum atomic E-state index is 0.645. The summed E-state index contributed by atoms with van der Waals surface area (Å²) in [5.74, 6) is 2.88. The molecule has 2 atom stereocenters. The van der Waals surface area contributed by atoms with Crippen molar-refractivity contribution in [1.82, 2.24) is 14.8 Å². The lowest BCUT2D eigenvalue weighted by atomic mass is 9.95. The molecular formula is C19H25N3O. The van der Waals surface area contributed by atoms with Crippen LogP contribution in [0.4, 0.5) is 0 Å². The molecule has 23 heavy (non-hydrogen) atoms. The van der Waals surface area contributed by atoms with Crippen molar-refractivity contribution in [2.75, 3.05) is 19.6 Å². The fraction of sp³-hybridized carbons (Fsp3) is 0.526. The molecule has 0 aromatic carbocycles. The van der Waals surface area contributed by atoms with E-state index in [1.54, 1.807) is 0 Å². The van der Waals surface area contributed by atoms with Gasteiger partial charge in [0.1, 0.15) is 11.5 Å². The first-order valence-electron chi connectivity index (χ1n) is 8.68. The van der Waals surface area contributed by atoms with Crippen molar-refractivity contribution >= 4 is 0 Å². The lowest BCUT2D eigenvalue weighted by Crippen LogP contribution is -2.43. The summed E-state index contributed by atoms with van der Waals surface area (Å²) in [6.45, 7) is 7.48. The molecule has 0 aliphatic carbocycles. The predicted molar refractivity (Wildman–Crippen MR) is 89.9 cm³/mol. The van der Waals surface area contributed by atoms with E-state index in [4.69, 9.17) is 4.42 Å². The zero-order chi connectivity index (χ0) is 15.6. The summed E-state index contributed by atoms with van der Waals surface area (Å²) in [7, 11) is 0. The Morgan fingerprint density at radius 1 is 1.09 bits per heavy atom. The van der Waals surface area contributed by atoms with Crippen LogP contribution in [0.15, 0.2) is 40.9 Å². The Balaban J connectivity index is 1.44. The lowest BCUT2D eigenvalue weighted by Gasteiger charge is -2.35. The number of aromatic nitrogens is 1. The first-order valence-corrected chi connectivity index (χ1v) is 8.68. The number of rotatable bonds is 4. The second-order valence-electron chi connectivity index (χ2n) is 7.05. The molecule has 5 heterocycles. The predicted octanol–water partition coefficient (Wildman–Crippen LogP) is 3.08.